The Morgan fingerprint density at radius 1 is 1.77 bits per heavy atom. The Balaban J connectivity index is 2.27. The minimum absolute atomic E-state index is 0.142. The van der Waals surface area contributed by atoms with E-state index in [-0.39, 0.29) is 11.9 Å². The van der Waals surface area contributed by atoms with E-state index in [2.05, 4.69) is 10.3 Å². The Hall–Kier alpha value is -0.650. The molecule has 0 radical (unpaired) electrons. The molecular formula is C8H17N3O2. The number of hydrogen-bond acceptors (Lipinski definition) is 4. The SMILES string of the molecule is CC(CC(=O)NN)N1CC(C)(O)C1. The van der Waals surface area contributed by atoms with E-state index in [4.69, 9.17) is 5.84 Å². The van der Waals surface area contributed by atoms with Gasteiger partial charge in [0.1, 0.15) is 0 Å². The van der Waals surface area contributed by atoms with Crippen molar-refractivity contribution >= 4 is 5.91 Å². The minimum atomic E-state index is -0.576. The van der Waals surface area contributed by atoms with Gasteiger partial charge in [-0.1, -0.05) is 0 Å². The molecule has 0 bridgehead atoms. The normalized spacial score (nSPS) is 23.4. The molecule has 1 aliphatic heterocycles. The van der Waals surface area contributed by atoms with Gasteiger partial charge in [-0.3, -0.25) is 15.1 Å². The summed E-state index contributed by atoms with van der Waals surface area (Å²) in [5.74, 6) is 4.80. The number of β-amino-alcohol motifs (C(OH)–C–C–N with tert-alkyl or cyclic N) is 1. The molecule has 1 amide bonds. The number of amides is 1. The van der Waals surface area contributed by atoms with Crippen LogP contribution < -0.4 is 11.3 Å². The second kappa shape index (κ2) is 3.61. The largest absolute Gasteiger partial charge is 0.388 e. The number of rotatable bonds is 3. The number of carbonyl (C=O) groups is 1. The van der Waals surface area contributed by atoms with Crippen LogP contribution in [-0.2, 0) is 4.79 Å². The first kappa shape index (κ1) is 10.4. The number of aliphatic hydroxyl groups is 1. The second-order valence-corrected chi connectivity index (χ2v) is 4.02. The monoisotopic (exact) mass is 187 g/mol. The number of likely N-dealkylation sites (tertiary alicyclic amines) is 1. The number of carbonyl (C=O) groups excluding carboxylic acids is 1. The minimum Gasteiger partial charge on any atom is -0.388 e. The first-order chi connectivity index (χ1) is 5.94. The molecule has 0 spiro atoms. The van der Waals surface area contributed by atoms with Crippen LogP contribution >= 0.6 is 0 Å². The number of nitrogens with one attached hydrogen (secondary N) is 1. The third kappa shape index (κ3) is 2.65. The molecule has 13 heavy (non-hydrogen) atoms. The van der Waals surface area contributed by atoms with E-state index in [0.717, 1.165) is 0 Å². The fourth-order valence-electron chi connectivity index (χ4n) is 1.60. The predicted octanol–water partition coefficient (Wildman–Crippen LogP) is -1.18. The smallest absolute Gasteiger partial charge is 0.235 e. The molecule has 0 aromatic rings. The molecule has 1 rings (SSSR count). The summed E-state index contributed by atoms with van der Waals surface area (Å²) in [5, 5.41) is 9.46. The van der Waals surface area contributed by atoms with E-state index in [1.54, 1.807) is 6.92 Å². The highest BCUT2D eigenvalue weighted by molar-refractivity contribution is 5.75. The number of nitrogens with two attached hydrogens (primary N) is 1. The van der Waals surface area contributed by atoms with Crippen molar-refractivity contribution < 1.29 is 9.90 Å². The highest BCUT2D eigenvalue weighted by Gasteiger charge is 2.39. The molecule has 1 aliphatic rings. The Morgan fingerprint density at radius 3 is 2.69 bits per heavy atom. The summed E-state index contributed by atoms with van der Waals surface area (Å²) in [5.41, 5.74) is 1.52. The second-order valence-electron chi connectivity index (χ2n) is 4.02. The Labute approximate surface area is 77.9 Å². The Bertz CT molecular complexity index is 198. The van der Waals surface area contributed by atoms with Gasteiger partial charge in [0, 0.05) is 25.6 Å². The van der Waals surface area contributed by atoms with Crippen molar-refractivity contribution in [2.45, 2.75) is 31.9 Å². The lowest BCUT2D eigenvalue weighted by Gasteiger charge is -2.47. The van der Waals surface area contributed by atoms with E-state index in [0.29, 0.717) is 19.5 Å². The first-order valence-corrected chi connectivity index (χ1v) is 4.40. The molecule has 76 valence electrons. The van der Waals surface area contributed by atoms with Crippen LogP contribution in [0.4, 0.5) is 0 Å². The van der Waals surface area contributed by atoms with Gasteiger partial charge in [-0.2, -0.15) is 0 Å². The van der Waals surface area contributed by atoms with E-state index in [9.17, 15) is 9.90 Å². The maximum Gasteiger partial charge on any atom is 0.235 e. The molecule has 0 aliphatic carbocycles. The molecule has 1 saturated heterocycles. The van der Waals surface area contributed by atoms with Crippen LogP contribution in [0.2, 0.25) is 0 Å². The van der Waals surface area contributed by atoms with E-state index < -0.39 is 5.60 Å². The van der Waals surface area contributed by atoms with Crippen molar-refractivity contribution in [1.82, 2.24) is 10.3 Å². The topological polar surface area (TPSA) is 78.6 Å². The van der Waals surface area contributed by atoms with Crippen LogP contribution in [0.25, 0.3) is 0 Å². The molecule has 1 heterocycles. The van der Waals surface area contributed by atoms with Crippen LogP contribution in [0, 0.1) is 0 Å². The number of hydrazine groups is 1. The predicted molar refractivity (Wildman–Crippen MR) is 48.6 cm³/mol. The van der Waals surface area contributed by atoms with Crippen molar-refractivity contribution in [3.05, 3.63) is 0 Å². The van der Waals surface area contributed by atoms with Crippen LogP contribution in [0.5, 0.6) is 0 Å². The lowest BCUT2D eigenvalue weighted by atomic mass is 9.94. The van der Waals surface area contributed by atoms with E-state index >= 15 is 0 Å². The molecule has 0 aromatic heterocycles. The van der Waals surface area contributed by atoms with Gasteiger partial charge in [0.15, 0.2) is 0 Å². The third-order valence-corrected chi connectivity index (χ3v) is 2.35. The van der Waals surface area contributed by atoms with Crippen molar-refractivity contribution in [3.63, 3.8) is 0 Å². The zero-order valence-corrected chi connectivity index (χ0v) is 8.08. The van der Waals surface area contributed by atoms with Crippen molar-refractivity contribution in [2.24, 2.45) is 5.84 Å². The molecule has 0 saturated carbocycles. The van der Waals surface area contributed by atoms with Crippen LogP contribution in [0.3, 0.4) is 0 Å². The summed E-state index contributed by atoms with van der Waals surface area (Å²) in [7, 11) is 0. The van der Waals surface area contributed by atoms with Gasteiger partial charge in [0.05, 0.1) is 5.60 Å². The molecule has 5 heteroatoms. The van der Waals surface area contributed by atoms with Gasteiger partial charge >= 0.3 is 0 Å². The highest BCUT2D eigenvalue weighted by atomic mass is 16.3. The first-order valence-electron chi connectivity index (χ1n) is 4.40. The Morgan fingerprint density at radius 2 is 2.31 bits per heavy atom. The van der Waals surface area contributed by atoms with Crippen molar-refractivity contribution in [3.8, 4) is 0 Å². The molecular weight excluding hydrogens is 170 g/mol. The quantitative estimate of drug-likeness (QED) is 0.295. The van der Waals surface area contributed by atoms with Gasteiger partial charge in [-0.15, -0.1) is 0 Å². The molecule has 4 N–H and O–H groups in total. The lowest BCUT2D eigenvalue weighted by molar-refractivity contribution is -0.127. The zero-order chi connectivity index (χ0) is 10.1. The van der Waals surface area contributed by atoms with Gasteiger partial charge < -0.3 is 5.11 Å². The van der Waals surface area contributed by atoms with E-state index in [1.165, 1.54) is 0 Å². The molecule has 0 aromatic carbocycles. The Kier molecular flexibility index (Phi) is 2.90. The molecule has 1 fully saturated rings. The maximum absolute atomic E-state index is 10.9. The fourth-order valence-corrected chi connectivity index (χ4v) is 1.60. The fraction of sp³-hybridized carbons (Fsp3) is 0.875. The van der Waals surface area contributed by atoms with Crippen LogP contribution in [-0.4, -0.2) is 40.6 Å². The van der Waals surface area contributed by atoms with Gasteiger partial charge in [-0.05, 0) is 13.8 Å². The van der Waals surface area contributed by atoms with Crippen molar-refractivity contribution in [1.29, 1.82) is 0 Å². The number of hydrogen-bond donors (Lipinski definition) is 3. The van der Waals surface area contributed by atoms with E-state index in [1.807, 2.05) is 6.92 Å². The average Bonchev–Trinajstić information content (AvgIpc) is 1.99. The zero-order valence-electron chi connectivity index (χ0n) is 8.08. The molecule has 1 unspecified atom stereocenters. The maximum atomic E-state index is 10.9. The highest BCUT2D eigenvalue weighted by Crippen LogP contribution is 2.23. The van der Waals surface area contributed by atoms with Crippen LogP contribution in [0.1, 0.15) is 20.3 Å². The van der Waals surface area contributed by atoms with Gasteiger partial charge in [-0.25, -0.2) is 5.84 Å². The summed E-state index contributed by atoms with van der Waals surface area (Å²) >= 11 is 0. The summed E-state index contributed by atoms with van der Waals surface area (Å²) in [6, 6.07) is 0.142. The van der Waals surface area contributed by atoms with Gasteiger partial charge in [0.2, 0.25) is 5.91 Å². The van der Waals surface area contributed by atoms with Gasteiger partial charge in [0.25, 0.3) is 0 Å². The average molecular weight is 187 g/mol. The summed E-state index contributed by atoms with van der Waals surface area (Å²) in [6.45, 7) is 5.00. The molecule has 5 nitrogen and oxygen atoms in total. The number of nitrogens with zero attached hydrogens (tertiary/aromatic N) is 1. The summed E-state index contributed by atoms with van der Waals surface area (Å²) in [6.07, 6.45) is 0.382. The standard InChI is InChI=1S/C8H17N3O2/c1-6(3-7(12)10-9)11-4-8(2,13)5-11/h6,13H,3-5,9H2,1-2H3,(H,10,12). The molecule has 1 atom stereocenters. The third-order valence-electron chi connectivity index (χ3n) is 2.35. The summed E-state index contributed by atoms with van der Waals surface area (Å²) in [4.78, 5) is 13.0. The van der Waals surface area contributed by atoms with Crippen molar-refractivity contribution in [2.75, 3.05) is 13.1 Å². The summed E-state index contributed by atoms with van der Waals surface area (Å²) < 4.78 is 0. The lowest BCUT2D eigenvalue weighted by Crippen LogP contribution is -2.62. The van der Waals surface area contributed by atoms with Crippen LogP contribution in [0.15, 0.2) is 0 Å².